The van der Waals surface area contributed by atoms with Crippen molar-refractivity contribution >= 4 is 28.5 Å². The third-order valence-corrected chi connectivity index (χ3v) is 8.49. The van der Waals surface area contributed by atoms with Gasteiger partial charge in [0.2, 0.25) is 0 Å². The van der Waals surface area contributed by atoms with Crippen LogP contribution in [0.2, 0.25) is 0 Å². The summed E-state index contributed by atoms with van der Waals surface area (Å²) in [6, 6.07) is 24.5. The Morgan fingerprint density at radius 3 is 2.23 bits per heavy atom. The number of anilines is 1. The first-order chi connectivity index (χ1) is 18.8. The number of nitrogens with zero attached hydrogens (tertiary/aromatic N) is 2. The van der Waals surface area contributed by atoms with E-state index in [1.54, 1.807) is 0 Å². The molecule has 0 unspecified atom stereocenters. The first-order valence-corrected chi connectivity index (χ1v) is 14.5. The van der Waals surface area contributed by atoms with Gasteiger partial charge in [0.05, 0.1) is 11.4 Å². The van der Waals surface area contributed by atoms with Gasteiger partial charge in [-0.1, -0.05) is 97.9 Å². The smallest absolute Gasteiger partial charge is 0.128 e. The Hall–Kier alpha value is -3.63. The summed E-state index contributed by atoms with van der Waals surface area (Å²) in [6.45, 7) is 11.9. The van der Waals surface area contributed by atoms with E-state index in [1.807, 2.05) is 0 Å². The maximum absolute atomic E-state index is 6.24. The first kappa shape index (κ1) is 25.6. The Kier molecular flexibility index (Phi) is 6.68. The Morgan fingerprint density at radius 1 is 0.846 bits per heavy atom. The van der Waals surface area contributed by atoms with Gasteiger partial charge in [0.25, 0.3) is 0 Å². The zero-order valence-electron chi connectivity index (χ0n) is 23.6. The van der Waals surface area contributed by atoms with Crippen LogP contribution in [0.5, 0.6) is 0 Å². The molecule has 1 aliphatic rings. The van der Waals surface area contributed by atoms with Crippen LogP contribution >= 0.6 is 12.2 Å². The number of nitrogens with one attached hydrogen (secondary N) is 1. The Balaban J connectivity index is 1.59. The lowest BCUT2D eigenvalue weighted by molar-refractivity contribution is 0.647. The standard InChI is InChI=1S/C35H37N3S/c1-22(2)26-14-16-28(17-15-26)32-29-8-6-7-19-37-31(27-12-9-23(3)10-13-27)21-38(35(29)37)33(32)34(39)36-30-18-11-24(4)20-25(30)5/h9-18,20-22H,6-8,19H2,1-5H3,(H,36,39). The van der Waals surface area contributed by atoms with Gasteiger partial charge in [-0.3, -0.25) is 4.40 Å². The summed E-state index contributed by atoms with van der Waals surface area (Å²) in [4.78, 5) is 0.763. The molecule has 0 radical (unpaired) electrons. The molecule has 1 aliphatic heterocycles. The number of benzene rings is 3. The number of hydrogen-bond acceptors (Lipinski definition) is 1. The summed E-state index contributed by atoms with van der Waals surface area (Å²) < 4.78 is 4.91. The molecule has 5 aromatic rings. The Morgan fingerprint density at radius 2 is 1.54 bits per heavy atom. The zero-order chi connectivity index (χ0) is 27.3. The summed E-state index contributed by atoms with van der Waals surface area (Å²) in [5.74, 6) is 0.502. The number of rotatable bonds is 5. The quantitative estimate of drug-likeness (QED) is 0.228. The summed E-state index contributed by atoms with van der Waals surface area (Å²) in [5.41, 5.74) is 14.9. The molecule has 0 spiro atoms. The van der Waals surface area contributed by atoms with Crippen LogP contribution in [-0.4, -0.2) is 14.0 Å². The molecule has 39 heavy (non-hydrogen) atoms. The van der Waals surface area contributed by atoms with Gasteiger partial charge in [-0.05, 0) is 74.3 Å². The van der Waals surface area contributed by atoms with Crippen molar-refractivity contribution in [2.24, 2.45) is 0 Å². The lowest BCUT2D eigenvalue weighted by atomic mass is 9.95. The van der Waals surface area contributed by atoms with Gasteiger partial charge in [0, 0.05) is 29.6 Å². The predicted molar refractivity (Wildman–Crippen MR) is 169 cm³/mol. The Labute approximate surface area is 237 Å². The number of thiocarbonyl (C=S) groups is 1. The molecule has 4 heteroatoms. The molecule has 2 aromatic heterocycles. The fourth-order valence-electron chi connectivity index (χ4n) is 6.04. The van der Waals surface area contributed by atoms with E-state index in [4.69, 9.17) is 12.2 Å². The van der Waals surface area contributed by atoms with E-state index in [0.717, 1.165) is 29.3 Å². The highest BCUT2D eigenvalue weighted by Crippen LogP contribution is 2.40. The van der Waals surface area contributed by atoms with Crippen LogP contribution in [0.4, 0.5) is 5.69 Å². The monoisotopic (exact) mass is 531 g/mol. The van der Waals surface area contributed by atoms with Crippen LogP contribution in [-0.2, 0) is 13.0 Å². The second kappa shape index (κ2) is 10.2. The molecular formula is C35H37N3S. The van der Waals surface area contributed by atoms with Crippen LogP contribution in [0.25, 0.3) is 28.0 Å². The minimum atomic E-state index is 0.502. The average molecular weight is 532 g/mol. The third-order valence-electron chi connectivity index (χ3n) is 8.19. The number of hydrogen-bond donors (Lipinski definition) is 1. The lowest BCUT2D eigenvalue weighted by Gasteiger charge is -2.15. The van der Waals surface area contributed by atoms with Gasteiger partial charge >= 0.3 is 0 Å². The largest absolute Gasteiger partial charge is 0.345 e. The molecule has 0 bridgehead atoms. The Bertz CT molecular complexity index is 1680. The van der Waals surface area contributed by atoms with Crippen LogP contribution in [0.3, 0.4) is 0 Å². The summed E-state index contributed by atoms with van der Waals surface area (Å²) in [5, 5.41) is 3.64. The molecule has 3 aromatic carbocycles. The normalized spacial score (nSPS) is 13.2. The van der Waals surface area contributed by atoms with Crippen molar-refractivity contribution in [2.75, 3.05) is 5.32 Å². The third kappa shape index (κ3) is 4.61. The van der Waals surface area contributed by atoms with Gasteiger partial charge in [-0.15, -0.1) is 0 Å². The van der Waals surface area contributed by atoms with Crippen molar-refractivity contribution in [3.63, 3.8) is 0 Å². The predicted octanol–water partition coefficient (Wildman–Crippen LogP) is 9.25. The van der Waals surface area contributed by atoms with E-state index in [2.05, 4.69) is 122 Å². The van der Waals surface area contributed by atoms with Crippen molar-refractivity contribution in [3.8, 4) is 22.4 Å². The van der Waals surface area contributed by atoms with Crippen molar-refractivity contribution < 1.29 is 0 Å². The molecule has 6 rings (SSSR count). The number of imidazole rings is 1. The van der Waals surface area contributed by atoms with Gasteiger partial charge in [0.15, 0.2) is 0 Å². The molecular weight excluding hydrogens is 494 g/mol. The topological polar surface area (TPSA) is 21.4 Å². The van der Waals surface area contributed by atoms with E-state index in [9.17, 15) is 0 Å². The maximum Gasteiger partial charge on any atom is 0.128 e. The van der Waals surface area contributed by atoms with Gasteiger partial charge < -0.3 is 9.88 Å². The lowest BCUT2D eigenvalue weighted by Crippen LogP contribution is -2.15. The summed E-state index contributed by atoms with van der Waals surface area (Å²) in [7, 11) is 0. The van der Waals surface area contributed by atoms with Gasteiger partial charge in [0.1, 0.15) is 10.6 Å². The molecule has 0 saturated carbocycles. The van der Waals surface area contributed by atoms with E-state index >= 15 is 0 Å². The molecule has 0 amide bonds. The number of aryl methyl sites for hydroxylation is 5. The highest BCUT2D eigenvalue weighted by atomic mass is 32.1. The fourth-order valence-corrected chi connectivity index (χ4v) is 6.36. The van der Waals surface area contributed by atoms with Crippen LogP contribution in [0, 0.1) is 20.8 Å². The summed E-state index contributed by atoms with van der Waals surface area (Å²) in [6.07, 6.45) is 5.70. The minimum absolute atomic E-state index is 0.502. The van der Waals surface area contributed by atoms with Crippen molar-refractivity contribution in [3.05, 3.63) is 106 Å². The molecule has 198 valence electrons. The second-order valence-corrected chi connectivity index (χ2v) is 11.8. The average Bonchev–Trinajstić information content (AvgIpc) is 3.33. The summed E-state index contributed by atoms with van der Waals surface area (Å²) >= 11 is 6.24. The molecule has 1 N–H and O–H groups in total. The SMILES string of the molecule is Cc1ccc(-c2cn3c(C(=S)Nc4ccc(C)cc4C)c(-c4ccc(C(C)C)cc4)c4c3n2CCCC4)cc1. The van der Waals surface area contributed by atoms with E-state index in [1.165, 1.54) is 68.7 Å². The zero-order valence-corrected chi connectivity index (χ0v) is 24.5. The van der Waals surface area contributed by atoms with Crippen LogP contribution in [0.15, 0.2) is 72.9 Å². The molecule has 3 heterocycles. The second-order valence-electron chi connectivity index (χ2n) is 11.4. The highest BCUT2D eigenvalue weighted by molar-refractivity contribution is 7.81. The molecule has 0 atom stereocenters. The fraction of sp³-hybridized carbons (Fsp3) is 0.286. The highest BCUT2D eigenvalue weighted by Gasteiger charge is 2.28. The van der Waals surface area contributed by atoms with Crippen molar-refractivity contribution in [1.29, 1.82) is 0 Å². The van der Waals surface area contributed by atoms with E-state index in [0.29, 0.717) is 5.92 Å². The molecule has 0 aliphatic carbocycles. The maximum atomic E-state index is 6.24. The molecule has 0 fully saturated rings. The van der Waals surface area contributed by atoms with Gasteiger partial charge in [-0.25, -0.2) is 0 Å². The van der Waals surface area contributed by atoms with E-state index < -0.39 is 0 Å². The van der Waals surface area contributed by atoms with E-state index in [-0.39, 0.29) is 0 Å². The number of aromatic nitrogens is 2. The van der Waals surface area contributed by atoms with Crippen LogP contribution < -0.4 is 5.32 Å². The van der Waals surface area contributed by atoms with Crippen molar-refractivity contribution in [2.45, 2.75) is 66.3 Å². The molecule has 0 saturated heterocycles. The van der Waals surface area contributed by atoms with Crippen LogP contribution in [0.1, 0.15) is 66.1 Å². The van der Waals surface area contributed by atoms with Crippen molar-refractivity contribution in [1.82, 2.24) is 8.97 Å². The van der Waals surface area contributed by atoms with Gasteiger partial charge in [-0.2, -0.15) is 0 Å². The minimum Gasteiger partial charge on any atom is -0.345 e. The molecule has 3 nitrogen and oxygen atoms in total. The first-order valence-electron chi connectivity index (χ1n) is 14.1.